The van der Waals surface area contributed by atoms with Gasteiger partial charge in [-0.25, -0.2) is 0 Å². The minimum atomic E-state index is -0.152. The van der Waals surface area contributed by atoms with E-state index in [1.54, 1.807) is 24.1 Å². The molecule has 0 aliphatic carbocycles. The van der Waals surface area contributed by atoms with Crippen LogP contribution in [0.15, 0.2) is 78.9 Å². The zero-order valence-corrected chi connectivity index (χ0v) is 14.8. The summed E-state index contributed by atoms with van der Waals surface area (Å²) in [6, 6.07) is 24.3. The number of hydrogen-bond donors (Lipinski definition) is 2. The second-order valence-corrected chi connectivity index (χ2v) is 6.20. The van der Waals surface area contributed by atoms with E-state index in [0.717, 1.165) is 28.0 Å². The van der Waals surface area contributed by atoms with Gasteiger partial charge in [0.2, 0.25) is 0 Å². The van der Waals surface area contributed by atoms with Crippen molar-refractivity contribution >= 4 is 33.9 Å². The van der Waals surface area contributed by atoms with Crippen molar-refractivity contribution in [1.82, 2.24) is 4.98 Å². The van der Waals surface area contributed by atoms with Gasteiger partial charge in [-0.05, 0) is 60.7 Å². The number of aromatic amines is 1. The summed E-state index contributed by atoms with van der Waals surface area (Å²) in [4.78, 5) is 18.3. The second-order valence-electron chi connectivity index (χ2n) is 6.20. The molecule has 0 spiro atoms. The molecule has 1 aromatic heterocycles. The van der Waals surface area contributed by atoms with E-state index in [9.17, 15) is 4.79 Å². The van der Waals surface area contributed by atoms with Crippen LogP contribution >= 0.6 is 0 Å². The Bertz CT molecular complexity index is 1090. The molecule has 4 aromatic rings. The summed E-state index contributed by atoms with van der Waals surface area (Å²) >= 11 is 0. The molecule has 0 saturated heterocycles. The van der Waals surface area contributed by atoms with Crippen molar-refractivity contribution in [3.63, 3.8) is 0 Å². The van der Waals surface area contributed by atoms with E-state index >= 15 is 0 Å². The first kappa shape index (κ1) is 16.7. The minimum Gasteiger partial charge on any atom is -0.497 e. The normalized spacial score (nSPS) is 10.7. The first-order valence-electron chi connectivity index (χ1n) is 8.57. The van der Waals surface area contributed by atoms with Crippen LogP contribution in [0.4, 0.5) is 17.1 Å². The van der Waals surface area contributed by atoms with Gasteiger partial charge in [0, 0.05) is 28.0 Å². The van der Waals surface area contributed by atoms with E-state index < -0.39 is 0 Å². The van der Waals surface area contributed by atoms with Crippen LogP contribution in [0.25, 0.3) is 10.9 Å². The quantitative estimate of drug-likeness (QED) is 0.518. The van der Waals surface area contributed by atoms with Crippen molar-refractivity contribution in [2.75, 3.05) is 17.7 Å². The Kier molecular flexibility index (Phi) is 4.26. The number of fused-ring (bicyclic) bond motifs is 1. The Balaban J connectivity index is 1.80. The number of carbonyl (C=O) groups is 1. The smallest absolute Gasteiger partial charge is 0.279 e. The molecule has 1 heterocycles. The number of ether oxygens (including phenoxy) is 1. The Morgan fingerprint density at radius 3 is 2.33 bits per heavy atom. The highest BCUT2D eigenvalue weighted by Crippen LogP contribution is 2.29. The van der Waals surface area contributed by atoms with E-state index in [-0.39, 0.29) is 5.91 Å². The molecule has 3 aromatic carbocycles. The molecular weight excluding hydrogens is 338 g/mol. The van der Waals surface area contributed by atoms with Crippen molar-refractivity contribution in [2.24, 2.45) is 0 Å². The molecule has 0 aliphatic heterocycles. The monoisotopic (exact) mass is 357 g/mol. The highest BCUT2D eigenvalue weighted by atomic mass is 16.5. The van der Waals surface area contributed by atoms with E-state index in [4.69, 9.17) is 10.5 Å². The Hall–Kier alpha value is -3.73. The van der Waals surface area contributed by atoms with E-state index in [1.165, 1.54) is 0 Å². The summed E-state index contributed by atoms with van der Waals surface area (Å²) in [7, 11) is 1.62. The van der Waals surface area contributed by atoms with E-state index in [0.29, 0.717) is 11.4 Å². The molecule has 4 rings (SSSR count). The first-order valence-corrected chi connectivity index (χ1v) is 8.57. The highest BCUT2D eigenvalue weighted by Gasteiger charge is 2.21. The number of anilines is 3. The summed E-state index contributed by atoms with van der Waals surface area (Å²) < 4.78 is 5.27. The number of benzene rings is 3. The van der Waals surface area contributed by atoms with Gasteiger partial charge >= 0.3 is 0 Å². The van der Waals surface area contributed by atoms with Crippen molar-refractivity contribution in [3.8, 4) is 5.75 Å². The van der Waals surface area contributed by atoms with Crippen LogP contribution in [0.2, 0.25) is 0 Å². The number of carbonyl (C=O) groups excluding carboxylic acids is 1. The Morgan fingerprint density at radius 2 is 1.63 bits per heavy atom. The lowest BCUT2D eigenvalue weighted by atomic mass is 10.2. The summed E-state index contributed by atoms with van der Waals surface area (Å²) in [5.74, 6) is 0.597. The van der Waals surface area contributed by atoms with Gasteiger partial charge in [0.1, 0.15) is 11.4 Å². The first-order chi connectivity index (χ1) is 13.2. The van der Waals surface area contributed by atoms with Gasteiger partial charge in [0.25, 0.3) is 5.91 Å². The summed E-state index contributed by atoms with van der Waals surface area (Å²) in [6.45, 7) is 0. The molecule has 0 fully saturated rings. The number of aromatic nitrogens is 1. The van der Waals surface area contributed by atoms with Crippen LogP contribution in [0.5, 0.6) is 5.75 Å². The van der Waals surface area contributed by atoms with E-state index in [2.05, 4.69) is 4.98 Å². The summed E-state index contributed by atoms with van der Waals surface area (Å²) in [6.07, 6.45) is 0. The zero-order chi connectivity index (χ0) is 18.8. The molecule has 5 heteroatoms. The van der Waals surface area contributed by atoms with Crippen molar-refractivity contribution in [3.05, 3.63) is 84.6 Å². The molecule has 134 valence electrons. The number of nitrogens with one attached hydrogen (secondary N) is 1. The number of hydrogen-bond acceptors (Lipinski definition) is 3. The zero-order valence-electron chi connectivity index (χ0n) is 14.8. The molecule has 1 amide bonds. The maximum Gasteiger partial charge on any atom is 0.279 e. The number of nitrogens with two attached hydrogens (primary N) is 1. The topological polar surface area (TPSA) is 71.4 Å². The number of H-pyrrole nitrogens is 1. The third kappa shape index (κ3) is 3.22. The van der Waals surface area contributed by atoms with E-state index in [1.807, 2.05) is 66.7 Å². The minimum absolute atomic E-state index is 0.152. The molecule has 27 heavy (non-hydrogen) atoms. The SMILES string of the molecule is COc1ccc2[nH]c(C(=O)N(c3ccccc3)c3ccc(N)cc3)cc2c1. The fourth-order valence-corrected chi connectivity index (χ4v) is 3.06. The average molecular weight is 357 g/mol. The van der Waals surface area contributed by atoms with Crippen LogP contribution in [-0.4, -0.2) is 18.0 Å². The summed E-state index contributed by atoms with van der Waals surface area (Å²) in [5.41, 5.74) is 9.37. The maximum atomic E-state index is 13.4. The Labute approximate surface area is 157 Å². The summed E-state index contributed by atoms with van der Waals surface area (Å²) in [5, 5.41) is 0.919. The fourth-order valence-electron chi connectivity index (χ4n) is 3.06. The van der Waals surface area contributed by atoms with Crippen LogP contribution in [-0.2, 0) is 0 Å². The van der Waals surface area contributed by atoms with Gasteiger partial charge in [-0.15, -0.1) is 0 Å². The number of para-hydroxylation sites is 1. The molecule has 0 atom stereocenters. The molecule has 0 aliphatic rings. The third-order valence-electron chi connectivity index (χ3n) is 4.43. The van der Waals surface area contributed by atoms with Gasteiger partial charge < -0.3 is 15.5 Å². The predicted molar refractivity (Wildman–Crippen MR) is 109 cm³/mol. The number of nitrogen functional groups attached to an aromatic ring is 1. The molecule has 0 unspecified atom stereocenters. The molecule has 0 bridgehead atoms. The van der Waals surface area contributed by atoms with Crippen molar-refractivity contribution < 1.29 is 9.53 Å². The van der Waals surface area contributed by atoms with Gasteiger partial charge in [-0.2, -0.15) is 0 Å². The van der Waals surface area contributed by atoms with Crippen molar-refractivity contribution in [2.45, 2.75) is 0 Å². The fraction of sp³-hybridized carbons (Fsp3) is 0.0455. The number of nitrogens with zero attached hydrogens (tertiary/aromatic N) is 1. The molecular formula is C22H19N3O2. The molecule has 0 saturated carbocycles. The van der Waals surface area contributed by atoms with Crippen LogP contribution in [0.1, 0.15) is 10.5 Å². The molecule has 3 N–H and O–H groups in total. The number of methoxy groups -OCH3 is 1. The van der Waals surface area contributed by atoms with Gasteiger partial charge in [0.05, 0.1) is 7.11 Å². The van der Waals surface area contributed by atoms with Crippen LogP contribution in [0, 0.1) is 0 Å². The van der Waals surface area contributed by atoms with Crippen LogP contribution in [0.3, 0.4) is 0 Å². The standard InChI is InChI=1S/C22H19N3O2/c1-27-19-11-12-20-15(13-19)14-21(24-20)22(26)25(17-5-3-2-4-6-17)18-9-7-16(23)8-10-18/h2-14,24H,23H2,1H3. The molecule has 0 radical (unpaired) electrons. The largest absolute Gasteiger partial charge is 0.497 e. The van der Waals surface area contributed by atoms with Crippen molar-refractivity contribution in [1.29, 1.82) is 0 Å². The lowest BCUT2D eigenvalue weighted by Crippen LogP contribution is -2.26. The number of rotatable bonds is 4. The van der Waals surface area contributed by atoms with Gasteiger partial charge in [0.15, 0.2) is 0 Å². The van der Waals surface area contributed by atoms with Gasteiger partial charge in [-0.1, -0.05) is 18.2 Å². The highest BCUT2D eigenvalue weighted by molar-refractivity contribution is 6.11. The molecule has 5 nitrogen and oxygen atoms in total. The average Bonchev–Trinajstić information content (AvgIpc) is 3.13. The third-order valence-corrected chi connectivity index (χ3v) is 4.43. The lowest BCUT2D eigenvalue weighted by Gasteiger charge is -2.22. The van der Waals surface area contributed by atoms with Crippen LogP contribution < -0.4 is 15.4 Å². The predicted octanol–water partition coefficient (Wildman–Crippen LogP) is 4.74. The lowest BCUT2D eigenvalue weighted by molar-refractivity contribution is 0.0995. The van der Waals surface area contributed by atoms with Gasteiger partial charge in [-0.3, -0.25) is 9.69 Å². The Morgan fingerprint density at radius 1 is 0.926 bits per heavy atom. The maximum absolute atomic E-state index is 13.4. The second kappa shape index (κ2) is 6.88. The number of amides is 1.